The lowest BCUT2D eigenvalue weighted by atomic mass is 9.89. The third kappa shape index (κ3) is 5.49. The summed E-state index contributed by atoms with van der Waals surface area (Å²) in [5, 5.41) is 3.61. The second-order valence-electron chi connectivity index (χ2n) is 8.60. The number of imidazole rings is 1. The van der Waals surface area contributed by atoms with Crippen molar-refractivity contribution in [3.63, 3.8) is 0 Å². The van der Waals surface area contributed by atoms with Crippen LogP contribution in [0.4, 0.5) is 0 Å². The molecule has 1 amide bonds. The number of likely N-dealkylation sites (tertiary alicyclic amines) is 1. The van der Waals surface area contributed by atoms with Crippen molar-refractivity contribution in [1.82, 2.24) is 24.7 Å². The van der Waals surface area contributed by atoms with Crippen molar-refractivity contribution in [2.75, 3.05) is 40.3 Å². The lowest BCUT2D eigenvalue weighted by Gasteiger charge is -2.39. The largest absolute Gasteiger partial charge is 0.356 e. The molecular weight excluding hydrogens is 352 g/mol. The maximum Gasteiger partial charge on any atom is 0.243 e. The first-order valence-electron chi connectivity index (χ1n) is 10.8. The first-order chi connectivity index (χ1) is 13.5. The number of nitrogens with zero attached hydrogens (tertiary/aromatic N) is 5. The molecule has 156 valence electrons. The summed E-state index contributed by atoms with van der Waals surface area (Å²) in [7, 11) is 3.56. The second kappa shape index (κ2) is 9.94. The van der Waals surface area contributed by atoms with E-state index in [4.69, 9.17) is 4.99 Å². The minimum absolute atomic E-state index is 0.0357. The van der Waals surface area contributed by atoms with Crippen molar-refractivity contribution in [1.29, 1.82) is 0 Å². The molecule has 1 aromatic heterocycles. The fourth-order valence-electron chi connectivity index (χ4n) is 4.27. The highest BCUT2D eigenvalue weighted by Gasteiger charge is 2.29. The Morgan fingerprint density at radius 3 is 2.71 bits per heavy atom. The molecule has 2 unspecified atom stereocenters. The van der Waals surface area contributed by atoms with Gasteiger partial charge in [-0.1, -0.05) is 26.2 Å². The van der Waals surface area contributed by atoms with Crippen molar-refractivity contribution in [2.24, 2.45) is 16.8 Å². The molecule has 3 rings (SSSR count). The van der Waals surface area contributed by atoms with E-state index in [1.165, 1.54) is 32.1 Å². The zero-order valence-electron chi connectivity index (χ0n) is 17.7. The Kier molecular flexibility index (Phi) is 7.34. The fourth-order valence-corrected chi connectivity index (χ4v) is 4.27. The van der Waals surface area contributed by atoms with Gasteiger partial charge in [0.1, 0.15) is 6.54 Å². The molecule has 0 aromatic carbocycles. The van der Waals surface area contributed by atoms with Crippen LogP contribution in [0.3, 0.4) is 0 Å². The highest BCUT2D eigenvalue weighted by molar-refractivity contribution is 5.85. The van der Waals surface area contributed by atoms with Crippen LogP contribution in [-0.4, -0.2) is 71.5 Å². The lowest BCUT2D eigenvalue weighted by molar-refractivity contribution is -0.127. The third-order valence-electron chi connectivity index (χ3n) is 6.26. The standard InChI is InChI=1S/C21H36N6O/c1-17-9-11-26(15-19(17)27-12-10-22-16-27)21(24-14-20(28)25(2)3)23-13-18-7-5-4-6-8-18/h10,12,16-19H,4-9,11,13-15H2,1-3H3,(H,23,24). The van der Waals surface area contributed by atoms with Gasteiger partial charge in [-0.15, -0.1) is 0 Å². The number of aromatic nitrogens is 2. The van der Waals surface area contributed by atoms with Crippen LogP contribution >= 0.6 is 0 Å². The number of carbonyl (C=O) groups excluding carboxylic acids is 1. The van der Waals surface area contributed by atoms with Gasteiger partial charge in [-0.2, -0.15) is 0 Å². The van der Waals surface area contributed by atoms with Crippen LogP contribution in [0.1, 0.15) is 51.5 Å². The number of guanidine groups is 1. The van der Waals surface area contributed by atoms with Gasteiger partial charge in [-0.3, -0.25) is 4.79 Å². The summed E-state index contributed by atoms with van der Waals surface area (Å²) < 4.78 is 2.21. The van der Waals surface area contributed by atoms with Gasteiger partial charge >= 0.3 is 0 Å². The molecular formula is C21H36N6O. The van der Waals surface area contributed by atoms with Crippen LogP contribution in [0.15, 0.2) is 23.7 Å². The average Bonchev–Trinajstić information content (AvgIpc) is 3.23. The first-order valence-corrected chi connectivity index (χ1v) is 10.8. The van der Waals surface area contributed by atoms with Gasteiger partial charge < -0.3 is 19.7 Å². The Morgan fingerprint density at radius 1 is 1.25 bits per heavy atom. The van der Waals surface area contributed by atoms with E-state index < -0.39 is 0 Å². The summed E-state index contributed by atoms with van der Waals surface area (Å²) in [5.74, 6) is 2.23. The van der Waals surface area contributed by atoms with E-state index in [0.29, 0.717) is 12.0 Å². The van der Waals surface area contributed by atoms with Gasteiger partial charge in [0.15, 0.2) is 5.96 Å². The Bertz CT molecular complexity index is 635. The predicted octanol–water partition coefficient (Wildman–Crippen LogP) is 2.38. The molecule has 1 N–H and O–H groups in total. The van der Waals surface area contributed by atoms with E-state index in [2.05, 4.69) is 26.7 Å². The Hall–Kier alpha value is -2.05. The summed E-state index contributed by atoms with van der Waals surface area (Å²) in [4.78, 5) is 25.0. The van der Waals surface area contributed by atoms with Crippen LogP contribution in [0.5, 0.6) is 0 Å². The molecule has 0 bridgehead atoms. The zero-order valence-corrected chi connectivity index (χ0v) is 17.7. The summed E-state index contributed by atoms with van der Waals surface area (Å²) in [6.07, 6.45) is 13.5. The van der Waals surface area contributed by atoms with Crippen LogP contribution in [0.25, 0.3) is 0 Å². The number of carbonyl (C=O) groups is 1. The van der Waals surface area contributed by atoms with E-state index >= 15 is 0 Å². The van der Waals surface area contributed by atoms with Crippen LogP contribution < -0.4 is 5.32 Å². The third-order valence-corrected chi connectivity index (χ3v) is 6.26. The molecule has 1 aromatic rings. The summed E-state index contributed by atoms with van der Waals surface area (Å²) >= 11 is 0. The SMILES string of the molecule is CC1CCN(C(=NCC(=O)N(C)C)NCC2CCCCC2)CC1n1ccnc1. The average molecular weight is 389 g/mol. The van der Waals surface area contributed by atoms with E-state index in [1.807, 2.05) is 18.7 Å². The number of piperidine rings is 1. The second-order valence-corrected chi connectivity index (χ2v) is 8.60. The van der Waals surface area contributed by atoms with E-state index in [-0.39, 0.29) is 12.5 Å². The molecule has 1 aliphatic heterocycles. The molecule has 1 aliphatic carbocycles. The van der Waals surface area contributed by atoms with E-state index in [1.54, 1.807) is 19.0 Å². The van der Waals surface area contributed by atoms with Crippen LogP contribution in [-0.2, 0) is 4.79 Å². The number of rotatable bonds is 5. The first kappa shape index (κ1) is 20.7. The highest BCUT2D eigenvalue weighted by atomic mass is 16.2. The van der Waals surface area contributed by atoms with Crippen molar-refractivity contribution < 1.29 is 4.79 Å². The molecule has 1 saturated heterocycles. The normalized spacial score (nSPS) is 24.2. The number of aliphatic imine (C=N–C) groups is 1. The van der Waals surface area contributed by atoms with Gasteiger partial charge in [0, 0.05) is 46.1 Å². The molecule has 7 heteroatoms. The minimum atomic E-state index is 0.0357. The van der Waals surface area contributed by atoms with E-state index in [9.17, 15) is 4.79 Å². The maximum absolute atomic E-state index is 12.1. The van der Waals surface area contributed by atoms with Crippen molar-refractivity contribution in [3.05, 3.63) is 18.7 Å². The Morgan fingerprint density at radius 2 is 2.04 bits per heavy atom. The maximum atomic E-state index is 12.1. The monoisotopic (exact) mass is 388 g/mol. The lowest BCUT2D eigenvalue weighted by Crippen LogP contribution is -2.50. The van der Waals surface area contributed by atoms with Crippen LogP contribution in [0.2, 0.25) is 0 Å². The molecule has 7 nitrogen and oxygen atoms in total. The number of amides is 1. The topological polar surface area (TPSA) is 65.8 Å². The molecule has 2 aliphatic rings. The summed E-state index contributed by atoms with van der Waals surface area (Å²) in [5.41, 5.74) is 0. The van der Waals surface area contributed by atoms with Gasteiger partial charge in [-0.05, 0) is 31.1 Å². The quantitative estimate of drug-likeness (QED) is 0.621. The summed E-state index contributed by atoms with van der Waals surface area (Å²) in [6, 6.07) is 0.377. The smallest absolute Gasteiger partial charge is 0.243 e. The zero-order chi connectivity index (χ0) is 19.9. The molecule has 2 fully saturated rings. The molecule has 2 atom stereocenters. The summed E-state index contributed by atoms with van der Waals surface area (Å²) in [6.45, 7) is 5.33. The number of hydrogen-bond acceptors (Lipinski definition) is 3. The highest BCUT2D eigenvalue weighted by Crippen LogP contribution is 2.28. The Balaban J connectivity index is 1.69. The number of likely N-dealkylation sites (N-methyl/N-ethyl adjacent to an activating group) is 1. The van der Waals surface area contributed by atoms with Crippen molar-refractivity contribution in [3.8, 4) is 0 Å². The number of hydrogen-bond donors (Lipinski definition) is 1. The van der Waals surface area contributed by atoms with Gasteiger partial charge in [0.25, 0.3) is 0 Å². The number of nitrogens with one attached hydrogen (secondary N) is 1. The van der Waals surface area contributed by atoms with Gasteiger partial charge in [-0.25, -0.2) is 9.98 Å². The molecule has 0 radical (unpaired) electrons. The predicted molar refractivity (Wildman–Crippen MR) is 112 cm³/mol. The fraction of sp³-hybridized carbons (Fsp3) is 0.762. The van der Waals surface area contributed by atoms with Gasteiger partial charge in [0.05, 0.1) is 12.4 Å². The van der Waals surface area contributed by atoms with Gasteiger partial charge in [0.2, 0.25) is 5.91 Å². The minimum Gasteiger partial charge on any atom is -0.356 e. The molecule has 2 heterocycles. The van der Waals surface area contributed by atoms with Crippen molar-refractivity contribution >= 4 is 11.9 Å². The van der Waals surface area contributed by atoms with Crippen LogP contribution in [0, 0.1) is 11.8 Å². The molecule has 0 spiro atoms. The van der Waals surface area contributed by atoms with E-state index in [0.717, 1.165) is 37.9 Å². The van der Waals surface area contributed by atoms with Crippen molar-refractivity contribution in [2.45, 2.75) is 51.5 Å². The Labute approximate surface area is 169 Å². The molecule has 28 heavy (non-hydrogen) atoms. The molecule has 1 saturated carbocycles.